The minimum absolute atomic E-state index is 0.0411. The van der Waals surface area contributed by atoms with Crippen molar-refractivity contribution in [2.45, 2.75) is 26.3 Å². The summed E-state index contributed by atoms with van der Waals surface area (Å²) < 4.78 is 27.5. The summed E-state index contributed by atoms with van der Waals surface area (Å²) in [6.07, 6.45) is 1.59. The van der Waals surface area contributed by atoms with E-state index < -0.39 is 11.6 Å². The van der Waals surface area contributed by atoms with Crippen molar-refractivity contribution in [2.75, 3.05) is 10.3 Å². The molecule has 0 unspecified atom stereocenters. The number of nitrogens with two attached hydrogens (primary N) is 2. The Balaban J connectivity index is 2.48. The first-order chi connectivity index (χ1) is 11.2. The third kappa shape index (κ3) is 3.77. The first kappa shape index (κ1) is 17.6. The van der Waals surface area contributed by atoms with E-state index >= 15 is 0 Å². The molecule has 0 saturated carbocycles. The number of nitrogens with zero attached hydrogens (tertiary/aromatic N) is 3. The molecule has 0 fully saturated rings. The number of benzene rings is 1. The molecule has 0 atom stereocenters. The normalized spacial score (nSPS) is 12.2. The third-order valence-electron chi connectivity index (χ3n) is 3.08. The molecule has 0 saturated heterocycles. The van der Waals surface area contributed by atoms with Gasteiger partial charge in [-0.3, -0.25) is 5.01 Å². The quantitative estimate of drug-likeness (QED) is 0.347. The minimum atomic E-state index is -1.09. The molecule has 1 aromatic carbocycles. The molecule has 2 aromatic rings. The van der Waals surface area contributed by atoms with E-state index in [4.69, 9.17) is 11.7 Å². The Morgan fingerprint density at radius 1 is 1.21 bits per heavy atom. The van der Waals surface area contributed by atoms with Gasteiger partial charge in [0.05, 0.1) is 11.3 Å². The number of pyridine rings is 1. The van der Waals surface area contributed by atoms with E-state index in [9.17, 15) is 8.78 Å². The number of hydrogen-bond donors (Lipinski definition) is 3. The maximum absolute atomic E-state index is 14.0. The summed E-state index contributed by atoms with van der Waals surface area (Å²) in [5.41, 5.74) is -0.0161. The standard InChI is InChI=1S/C16H20F2N6/c1-16(2,3)22-14-10(6-5-9-21-14)15(23-19)24(20)12-8-4-7-11(17)13(12)18/h4-9H,19-20H2,1-3H3,(H,21,22)/b23-15-. The molecule has 2 rings (SSSR count). The van der Waals surface area contributed by atoms with Gasteiger partial charge in [-0.1, -0.05) is 6.07 Å². The second kappa shape index (κ2) is 6.79. The molecule has 0 aliphatic rings. The van der Waals surface area contributed by atoms with Crippen LogP contribution in [-0.4, -0.2) is 16.4 Å². The van der Waals surface area contributed by atoms with Crippen LogP contribution >= 0.6 is 0 Å². The van der Waals surface area contributed by atoms with Crippen molar-refractivity contribution in [2.24, 2.45) is 16.8 Å². The van der Waals surface area contributed by atoms with Crippen LogP contribution in [0.25, 0.3) is 0 Å². The largest absolute Gasteiger partial charge is 0.365 e. The van der Waals surface area contributed by atoms with Crippen LogP contribution in [0.4, 0.5) is 20.3 Å². The van der Waals surface area contributed by atoms with Crippen LogP contribution < -0.4 is 22.0 Å². The van der Waals surface area contributed by atoms with Crippen LogP contribution in [0.2, 0.25) is 0 Å². The average Bonchev–Trinajstić information content (AvgIpc) is 2.50. The lowest BCUT2D eigenvalue weighted by Crippen LogP contribution is -2.40. The average molecular weight is 334 g/mol. The van der Waals surface area contributed by atoms with Crippen molar-refractivity contribution in [1.29, 1.82) is 0 Å². The molecule has 24 heavy (non-hydrogen) atoms. The van der Waals surface area contributed by atoms with Crippen molar-refractivity contribution >= 4 is 17.3 Å². The number of amidine groups is 1. The van der Waals surface area contributed by atoms with Gasteiger partial charge in [-0.25, -0.2) is 19.6 Å². The zero-order chi connectivity index (χ0) is 17.9. The smallest absolute Gasteiger partial charge is 0.183 e. The summed E-state index contributed by atoms with van der Waals surface area (Å²) in [6.45, 7) is 5.87. The van der Waals surface area contributed by atoms with Gasteiger partial charge in [0.2, 0.25) is 0 Å². The number of halogens is 2. The van der Waals surface area contributed by atoms with Crippen LogP contribution in [0.3, 0.4) is 0 Å². The molecule has 128 valence electrons. The summed E-state index contributed by atoms with van der Waals surface area (Å²) in [4.78, 5) is 4.25. The molecule has 0 aliphatic carbocycles. The maximum Gasteiger partial charge on any atom is 0.183 e. The van der Waals surface area contributed by atoms with E-state index in [0.717, 1.165) is 11.1 Å². The lowest BCUT2D eigenvalue weighted by atomic mass is 10.1. The van der Waals surface area contributed by atoms with Gasteiger partial charge in [-0.15, -0.1) is 0 Å². The molecule has 6 nitrogen and oxygen atoms in total. The Bertz CT molecular complexity index is 754. The van der Waals surface area contributed by atoms with E-state index in [1.54, 1.807) is 18.3 Å². The van der Waals surface area contributed by atoms with E-state index in [0.29, 0.717) is 11.4 Å². The van der Waals surface area contributed by atoms with Crippen molar-refractivity contribution in [3.8, 4) is 0 Å². The Labute approximate surface area is 139 Å². The maximum atomic E-state index is 14.0. The number of hydrazine groups is 1. The van der Waals surface area contributed by atoms with Crippen LogP contribution in [0.5, 0.6) is 0 Å². The van der Waals surface area contributed by atoms with Crippen LogP contribution in [0.15, 0.2) is 41.6 Å². The second-order valence-electron chi connectivity index (χ2n) is 6.17. The minimum Gasteiger partial charge on any atom is -0.365 e. The highest BCUT2D eigenvalue weighted by atomic mass is 19.2. The molecular weight excluding hydrogens is 314 g/mol. The highest BCUT2D eigenvalue weighted by molar-refractivity contribution is 6.11. The topological polar surface area (TPSA) is 92.6 Å². The third-order valence-corrected chi connectivity index (χ3v) is 3.08. The predicted molar refractivity (Wildman–Crippen MR) is 91.4 cm³/mol. The van der Waals surface area contributed by atoms with Gasteiger partial charge >= 0.3 is 0 Å². The Morgan fingerprint density at radius 2 is 1.92 bits per heavy atom. The van der Waals surface area contributed by atoms with Gasteiger partial charge in [0.1, 0.15) is 5.82 Å². The first-order valence-electron chi connectivity index (χ1n) is 7.25. The summed E-state index contributed by atoms with van der Waals surface area (Å²) in [7, 11) is 0. The van der Waals surface area contributed by atoms with Crippen molar-refractivity contribution < 1.29 is 8.78 Å². The number of hydrazone groups is 1. The molecule has 0 aliphatic heterocycles. The lowest BCUT2D eigenvalue weighted by Gasteiger charge is -2.26. The monoisotopic (exact) mass is 334 g/mol. The van der Waals surface area contributed by atoms with Crippen LogP contribution in [0.1, 0.15) is 26.3 Å². The highest BCUT2D eigenvalue weighted by Crippen LogP contribution is 2.24. The van der Waals surface area contributed by atoms with Gasteiger partial charge < -0.3 is 11.2 Å². The number of anilines is 2. The fourth-order valence-electron chi connectivity index (χ4n) is 2.09. The zero-order valence-electron chi connectivity index (χ0n) is 13.7. The number of hydrogen-bond acceptors (Lipinski definition) is 5. The van der Waals surface area contributed by atoms with E-state index in [2.05, 4.69) is 15.4 Å². The van der Waals surface area contributed by atoms with Gasteiger partial charge in [-0.05, 0) is 45.0 Å². The van der Waals surface area contributed by atoms with E-state index in [1.165, 1.54) is 12.1 Å². The molecule has 0 amide bonds. The first-order valence-corrected chi connectivity index (χ1v) is 7.25. The van der Waals surface area contributed by atoms with Crippen molar-refractivity contribution in [3.63, 3.8) is 0 Å². The zero-order valence-corrected chi connectivity index (χ0v) is 13.7. The van der Waals surface area contributed by atoms with Gasteiger partial charge in [0, 0.05) is 11.7 Å². The summed E-state index contributed by atoms with van der Waals surface area (Å²) in [6, 6.07) is 7.03. The molecule has 0 bridgehead atoms. The van der Waals surface area contributed by atoms with E-state index in [1.807, 2.05) is 20.8 Å². The molecule has 1 aromatic heterocycles. The summed E-state index contributed by atoms with van der Waals surface area (Å²) in [5.74, 6) is 9.81. The van der Waals surface area contributed by atoms with Gasteiger partial charge in [-0.2, -0.15) is 5.10 Å². The Hall–Kier alpha value is -2.74. The van der Waals surface area contributed by atoms with Gasteiger partial charge in [0.15, 0.2) is 17.5 Å². The molecule has 0 spiro atoms. The second-order valence-corrected chi connectivity index (χ2v) is 6.17. The number of nitrogens with one attached hydrogen (secondary N) is 1. The molecule has 5 N–H and O–H groups in total. The number of aromatic nitrogens is 1. The van der Waals surface area contributed by atoms with Crippen molar-refractivity contribution in [1.82, 2.24) is 4.98 Å². The van der Waals surface area contributed by atoms with E-state index in [-0.39, 0.29) is 17.1 Å². The molecule has 8 heteroatoms. The highest BCUT2D eigenvalue weighted by Gasteiger charge is 2.22. The van der Waals surface area contributed by atoms with Gasteiger partial charge in [0.25, 0.3) is 0 Å². The number of rotatable bonds is 3. The molecule has 0 radical (unpaired) electrons. The Kier molecular flexibility index (Phi) is 4.99. The fraction of sp³-hybridized carbons (Fsp3) is 0.250. The predicted octanol–water partition coefficient (Wildman–Crippen LogP) is 2.57. The lowest BCUT2D eigenvalue weighted by molar-refractivity contribution is 0.509. The fourth-order valence-corrected chi connectivity index (χ4v) is 2.09. The summed E-state index contributed by atoms with van der Waals surface area (Å²) in [5, 5.41) is 7.74. The Morgan fingerprint density at radius 3 is 2.54 bits per heavy atom. The SMILES string of the molecule is CC(C)(C)Nc1ncccc1/C(=N/N)N(N)c1cccc(F)c1F. The van der Waals surface area contributed by atoms with Crippen molar-refractivity contribution in [3.05, 3.63) is 53.7 Å². The van der Waals surface area contributed by atoms with Crippen LogP contribution in [0, 0.1) is 11.6 Å². The van der Waals surface area contributed by atoms with Crippen LogP contribution in [-0.2, 0) is 0 Å². The molecule has 1 heterocycles. The molecular formula is C16H20F2N6. The summed E-state index contributed by atoms with van der Waals surface area (Å²) >= 11 is 0.